The Morgan fingerprint density at radius 2 is 2.00 bits per heavy atom. The van der Waals surface area contributed by atoms with Crippen molar-refractivity contribution < 1.29 is 10.2 Å². The molecule has 6 nitrogen and oxygen atoms in total. The summed E-state index contributed by atoms with van der Waals surface area (Å²) in [6, 6.07) is 5.48. The number of hydrogen-bond acceptors (Lipinski definition) is 6. The second kappa shape index (κ2) is 8.35. The first-order valence-corrected chi connectivity index (χ1v) is 9.98. The summed E-state index contributed by atoms with van der Waals surface area (Å²) in [5.41, 5.74) is 1.13. The fourth-order valence-electron chi connectivity index (χ4n) is 3.76. The van der Waals surface area contributed by atoms with Crippen molar-refractivity contribution >= 4 is 11.3 Å². The lowest BCUT2D eigenvalue weighted by Gasteiger charge is -2.39. The van der Waals surface area contributed by atoms with Crippen LogP contribution in [-0.4, -0.2) is 63.9 Å². The summed E-state index contributed by atoms with van der Waals surface area (Å²) in [6.45, 7) is 8.49. The molecule has 1 saturated heterocycles. The van der Waals surface area contributed by atoms with Gasteiger partial charge >= 0.3 is 0 Å². The van der Waals surface area contributed by atoms with Crippen molar-refractivity contribution in [3.63, 3.8) is 0 Å². The zero-order valence-electron chi connectivity index (χ0n) is 15.4. The SMILES string of the molecule is CCn1c(C)cc(O)c([C@H](c2cccs2)N2CCN(CCO)CC2)c1=O. The van der Waals surface area contributed by atoms with Gasteiger partial charge in [-0.05, 0) is 31.4 Å². The third kappa shape index (κ3) is 3.71. The molecule has 2 N–H and O–H groups in total. The van der Waals surface area contributed by atoms with E-state index >= 15 is 0 Å². The molecule has 3 heterocycles. The van der Waals surface area contributed by atoms with Gasteiger partial charge in [-0.2, -0.15) is 0 Å². The van der Waals surface area contributed by atoms with E-state index in [4.69, 9.17) is 5.11 Å². The van der Waals surface area contributed by atoms with Crippen molar-refractivity contribution in [2.24, 2.45) is 0 Å². The van der Waals surface area contributed by atoms with Crippen LogP contribution in [0.5, 0.6) is 5.75 Å². The number of piperazine rings is 1. The van der Waals surface area contributed by atoms with E-state index in [0.29, 0.717) is 18.7 Å². The second-order valence-electron chi connectivity index (χ2n) is 6.65. The molecule has 0 aliphatic carbocycles. The van der Waals surface area contributed by atoms with Crippen LogP contribution in [0, 0.1) is 6.92 Å². The zero-order chi connectivity index (χ0) is 18.7. The summed E-state index contributed by atoms with van der Waals surface area (Å²) in [5.74, 6) is 0.0772. The maximum Gasteiger partial charge on any atom is 0.259 e. The lowest BCUT2D eigenvalue weighted by molar-refractivity contribution is 0.0941. The zero-order valence-corrected chi connectivity index (χ0v) is 16.2. The summed E-state index contributed by atoms with van der Waals surface area (Å²) in [4.78, 5) is 18.7. The molecule has 0 amide bonds. The number of β-amino-alcohol motifs (C(OH)–C–C–N with tert-alkyl or cyclic N) is 1. The van der Waals surface area contributed by atoms with E-state index < -0.39 is 0 Å². The number of nitrogens with zero attached hydrogens (tertiary/aromatic N) is 3. The summed E-state index contributed by atoms with van der Waals surface area (Å²) in [5, 5.41) is 21.8. The molecule has 0 radical (unpaired) electrons. The van der Waals surface area contributed by atoms with E-state index in [0.717, 1.165) is 36.8 Å². The van der Waals surface area contributed by atoms with Crippen molar-refractivity contribution in [2.75, 3.05) is 39.3 Å². The molecule has 1 atom stereocenters. The van der Waals surface area contributed by atoms with E-state index in [9.17, 15) is 9.90 Å². The Balaban J connectivity index is 2.01. The number of aromatic hydroxyl groups is 1. The second-order valence-corrected chi connectivity index (χ2v) is 7.63. The summed E-state index contributed by atoms with van der Waals surface area (Å²) >= 11 is 1.61. The molecule has 0 aromatic carbocycles. The van der Waals surface area contributed by atoms with E-state index in [1.807, 2.05) is 31.4 Å². The largest absolute Gasteiger partial charge is 0.507 e. The molecule has 2 aromatic heterocycles. The maximum absolute atomic E-state index is 13.1. The Morgan fingerprint density at radius 3 is 2.58 bits per heavy atom. The topological polar surface area (TPSA) is 68.9 Å². The highest BCUT2D eigenvalue weighted by Gasteiger charge is 2.31. The van der Waals surface area contributed by atoms with Crippen molar-refractivity contribution in [1.82, 2.24) is 14.4 Å². The first-order valence-electron chi connectivity index (χ1n) is 9.10. The quantitative estimate of drug-likeness (QED) is 0.801. The first kappa shape index (κ1) is 19.1. The normalized spacial score (nSPS) is 17.5. The van der Waals surface area contributed by atoms with Gasteiger partial charge in [-0.15, -0.1) is 11.3 Å². The first-order chi connectivity index (χ1) is 12.6. The summed E-state index contributed by atoms with van der Waals surface area (Å²) in [6.07, 6.45) is 0. The molecule has 1 aliphatic heterocycles. The van der Waals surface area contributed by atoms with Crippen LogP contribution in [0.15, 0.2) is 28.4 Å². The molecular formula is C19H27N3O3S. The molecule has 142 valence electrons. The number of thiophene rings is 1. The average Bonchev–Trinajstić information content (AvgIpc) is 3.14. The van der Waals surface area contributed by atoms with Crippen molar-refractivity contribution in [3.05, 3.63) is 50.1 Å². The van der Waals surface area contributed by atoms with Gasteiger partial charge in [0.25, 0.3) is 5.56 Å². The van der Waals surface area contributed by atoms with Gasteiger partial charge in [0.05, 0.1) is 18.2 Å². The van der Waals surface area contributed by atoms with E-state index in [1.54, 1.807) is 22.0 Å². The van der Waals surface area contributed by atoms with Gasteiger partial charge in [0.15, 0.2) is 0 Å². The summed E-state index contributed by atoms with van der Waals surface area (Å²) in [7, 11) is 0. The van der Waals surface area contributed by atoms with Gasteiger partial charge in [0.2, 0.25) is 0 Å². The van der Waals surface area contributed by atoms with Crippen LogP contribution >= 0.6 is 11.3 Å². The maximum atomic E-state index is 13.1. The fourth-order valence-corrected chi connectivity index (χ4v) is 4.62. The molecule has 1 aliphatic rings. The molecule has 0 bridgehead atoms. The van der Waals surface area contributed by atoms with Gasteiger partial charge in [0, 0.05) is 49.8 Å². The Labute approximate surface area is 157 Å². The van der Waals surface area contributed by atoms with E-state index in [-0.39, 0.29) is 24.0 Å². The smallest absolute Gasteiger partial charge is 0.259 e. The molecule has 1 fully saturated rings. The number of aliphatic hydroxyl groups excluding tert-OH is 1. The van der Waals surface area contributed by atoms with Crippen molar-refractivity contribution in [1.29, 1.82) is 0 Å². The van der Waals surface area contributed by atoms with Gasteiger partial charge in [0.1, 0.15) is 5.75 Å². The van der Waals surface area contributed by atoms with Gasteiger partial charge in [-0.25, -0.2) is 0 Å². The number of rotatable bonds is 6. The lowest BCUT2D eigenvalue weighted by atomic mass is 10.0. The number of hydrogen-bond donors (Lipinski definition) is 2. The molecular weight excluding hydrogens is 350 g/mol. The van der Waals surface area contributed by atoms with Crippen LogP contribution in [-0.2, 0) is 6.54 Å². The average molecular weight is 378 g/mol. The van der Waals surface area contributed by atoms with Crippen molar-refractivity contribution in [2.45, 2.75) is 26.4 Å². The Hall–Kier alpha value is -1.67. The third-order valence-corrected chi connectivity index (χ3v) is 6.04. The lowest BCUT2D eigenvalue weighted by Crippen LogP contribution is -2.49. The number of aryl methyl sites for hydroxylation is 1. The fraction of sp³-hybridized carbons (Fsp3) is 0.526. The van der Waals surface area contributed by atoms with Crippen LogP contribution in [0.3, 0.4) is 0 Å². The van der Waals surface area contributed by atoms with Gasteiger partial charge < -0.3 is 14.8 Å². The van der Waals surface area contributed by atoms with Crippen LogP contribution in [0.4, 0.5) is 0 Å². The predicted octanol–water partition coefficient (Wildman–Crippen LogP) is 1.64. The molecule has 26 heavy (non-hydrogen) atoms. The molecule has 0 saturated carbocycles. The van der Waals surface area contributed by atoms with Gasteiger partial charge in [-0.1, -0.05) is 6.07 Å². The molecule has 3 rings (SSSR count). The standard InChI is InChI=1S/C19H27N3O3S/c1-3-22-14(2)13-15(24)17(19(22)25)18(16-5-4-12-26-16)21-8-6-20(7-9-21)10-11-23/h4-5,12-13,18,23-24H,3,6-11H2,1-2H3/t18-/m0/s1. The Morgan fingerprint density at radius 1 is 1.27 bits per heavy atom. The minimum absolute atomic E-state index is 0.0772. The molecule has 7 heteroatoms. The van der Waals surface area contributed by atoms with E-state index in [2.05, 4.69) is 9.80 Å². The number of aromatic nitrogens is 1. The predicted molar refractivity (Wildman–Crippen MR) is 104 cm³/mol. The minimum atomic E-state index is -0.239. The Kier molecular flexibility index (Phi) is 6.13. The minimum Gasteiger partial charge on any atom is -0.507 e. The highest BCUT2D eigenvalue weighted by Crippen LogP contribution is 2.35. The summed E-state index contributed by atoms with van der Waals surface area (Å²) < 4.78 is 1.72. The molecule has 0 unspecified atom stereocenters. The van der Waals surface area contributed by atoms with Crippen molar-refractivity contribution in [3.8, 4) is 5.75 Å². The van der Waals surface area contributed by atoms with Crippen LogP contribution in [0.2, 0.25) is 0 Å². The van der Waals surface area contributed by atoms with Gasteiger partial charge in [-0.3, -0.25) is 14.6 Å². The number of aliphatic hydroxyl groups is 1. The van der Waals surface area contributed by atoms with Crippen LogP contribution in [0.25, 0.3) is 0 Å². The van der Waals surface area contributed by atoms with Crippen LogP contribution < -0.4 is 5.56 Å². The monoisotopic (exact) mass is 377 g/mol. The third-order valence-electron chi connectivity index (χ3n) is 5.11. The Bertz CT molecular complexity index is 780. The highest BCUT2D eigenvalue weighted by atomic mass is 32.1. The van der Waals surface area contributed by atoms with E-state index in [1.165, 1.54) is 0 Å². The molecule has 0 spiro atoms. The van der Waals surface area contributed by atoms with Crippen LogP contribution in [0.1, 0.15) is 29.1 Å². The number of pyridine rings is 1. The highest BCUT2D eigenvalue weighted by molar-refractivity contribution is 7.10. The molecule has 2 aromatic rings.